The molecule has 0 bridgehead atoms. The van der Waals surface area contributed by atoms with Gasteiger partial charge in [0.2, 0.25) is 0 Å². The highest BCUT2D eigenvalue weighted by Gasteiger charge is 2.13. The van der Waals surface area contributed by atoms with Gasteiger partial charge in [-0.2, -0.15) is 5.10 Å². The van der Waals surface area contributed by atoms with Crippen LogP contribution in [0.2, 0.25) is 0 Å². The summed E-state index contributed by atoms with van der Waals surface area (Å²) in [6, 6.07) is 7.35. The second kappa shape index (κ2) is 7.29. The molecule has 0 spiro atoms. The van der Waals surface area contributed by atoms with Crippen molar-refractivity contribution < 1.29 is 4.74 Å². The molecule has 0 saturated carbocycles. The van der Waals surface area contributed by atoms with Crippen molar-refractivity contribution in [2.75, 3.05) is 5.32 Å². The molecule has 1 N–H and O–H groups in total. The Bertz CT molecular complexity index is 922. The number of nitrogens with one attached hydrogen (secondary N) is 1. The van der Waals surface area contributed by atoms with E-state index in [9.17, 15) is 4.79 Å². The summed E-state index contributed by atoms with van der Waals surface area (Å²) in [5.41, 5.74) is -0.107. The van der Waals surface area contributed by atoms with Crippen molar-refractivity contribution in [3.8, 4) is 5.88 Å². The Morgan fingerprint density at radius 1 is 1.16 bits per heavy atom. The molecule has 0 aliphatic rings. The molecule has 1 atom stereocenters. The second-order valence-electron chi connectivity index (χ2n) is 6.14. The monoisotopic (exact) mass is 339 g/mol. The van der Waals surface area contributed by atoms with Gasteiger partial charge in [0, 0.05) is 23.8 Å². The number of ether oxygens (including phenoxy) is 1. The van der Waals surface area contributed by atoms with Crippen molar-refractivity contribution in [2.24, 2.45) is 0 Å². The predicted molar refractivity (Wildman–Crippen MR) is 96.9 cm³/mol. The van der Waals surface area contributed by atoms with E-state index >= 15 is 0 Å². The maximum atomic E-state index is 12.5. The molecule has 7 heteroatoms. The summed E-state index contributed by atoms with van der Waals surface area (Å²) in [5, 5.41) is 9.00. The van der Waals surface area contributed by atoms with Gasteiger partial charge in [0.25, 0.3) is 11.4 Å². The Morgan fingerprint density at radius 3 is 2.72 bits per heavy atom. The molecule has 0 aliphatic heterocycles. The van der Waals surface area contributed by atoms with E-state index in [-0.39, 0.29) is 17.7 Å². The molecule has 1 aromatic carbocycles. The maximum Gasteiger partial charge on any atom is 0.274 e. The molecule has 3 rings (SSSR count). The predicted octanol–water partition coefficient (Wildman–Crippen LogP) is 2.47. The van der Waals surface area contributed by atoms with Gasteiger partial charge in [-0.3, -0.25) is 4.79 Å². The summed E-state index contributed by atoms with van der Waals surface area (Å²) in [6.45, 7) is 6.22. The van der Waals surface area contributed by atoms with Crippen LogP contribution in [0, 0.1) is 0 Å². The first-order valence-corrected chi connectivity index (χ1v) is 8.23. The van der Waals surface area contributed by atoms with E-state index in [0.29, 0.717) is 23.6 Å². The fourth-order valence-electron chi connectivity index (χ4n) is 2.53. The second-order valence-corrected chi connectivity index (χ2v) is 6.14. The van der Waals surface area contributed by atoms with E-state index in [1.54, 1.807) is 18.6 Å². The number of fused-ring (bicyclic) bond motifs is 1. The first-order valence-electron chi connectivity index (χ1n) is 8.23. The Balaban J connectivity index is 1.79. The molecular weight excluding hydrogens is 318 g/mol. The SMILES string of the molecule is CC(C)Oc1nccnc1N[C@H](C)Cn1ncc2ccccc2c1=O. The Labute approximate surface area is 145 Å². The van der Waals surface area contributed by atoms with Crippen LogP contribution in [0.5, 0.6) is 5.88 Å². The van der Waals surface area contributed by atoms with E-state index in [2.05, 4.69) is 20.4 Å². The van der Waals surface area contributed by atoms with Gasteiger partial charge in [-0.25, -0.2) is 14.6 Å². The van der Waals surface area contributed by atoms with Crippen LogP contribution in [-0.4, -0.2) is 31.9 Å². The van der Waals surface area contributed by atoms with Crippen molar-refractivity contribution in [3.63, 3.8) is 0 Å². The largest absolute Gasteiger partial charge is 0.472 e. The van der Waals surface area contributed by atoms with E-state index in [1.165, 1.54) is 4.68 Å². The van der Waals surface area contributed by atoms with Crippen molar-refractivity contribution >= 4 is 16.6 Å². The zero-order chi connectivity index (χ0) is 17.8. The molecule has 0 amide bonds. The molecule has 7 nitrogen and oxygen atoms in total. The molecule has 130 valence electrons. The average molecular weight is 339 g/mol. The van der Waals surface area contributed by atoms with Crippen molar-refractivity contribution in [3.05, 3.63) is 53.2 Å². The van der Waals surface area contributed by atoms with Gasteiger partial charge in [-0.15, -0.1) is 0 Å². The van der Waals surface area contributed by atoms with E-state index in [0.717, 1.165) is 5.39 Å². The van der Waals surface area contributed by atoms with Crippen LogP contribution in [0.15, 0.2) is 47.7 Å². The molecule has 3 aromatic rings. The molecule has 0 aliphatic carbocycles. The summed E-state index contributed by atoms with van der Waals surface area (Å²) in [7, 11) is 0. The van der Waals surface area contributed by atoms with Crippen LogP contribution in [0.3, 0.4) is 0 Å². The fraction of sp³-hybridized carbons (Fsp3) is 0.333. The third-order valence-electron chi connectivity index (χ3n) is 3.60. The van der Waals surface area contributed by atoms with Gasteiger partial charge in [0.1, 0.15) is 0 Å². The summed E-state index contributed by atoms with van der Waals surface area (Å²) in [6.07, 6.45) is 4.89. The number of anilines is 1. The van der Waals surface area contributed by atoms with Gasteiger partial charge >= 0.3 is 0 Å². The van der Waals surface area contributed by atoms with Gasteiger partial charge in [-0.05, 0) is 26.8 Å². The minimum atomic E-state index is -0.107. The van der Waals surface area contributed by atoms with E-state index in [4.69, 9.17) is 4.74 Å². The van der Waals surface area contributed by atoms with Gasteiger partial charge in [0.05, 0.1) is 24.2 Å². The van der Waals surface area contributed by atoms with Gasteiger partial charge < -0.3 is 10.1 Å². The van der Waals surface area contributed by atoms with Gasteiger partial charge in [0.15, 0.2) is 5.82 Å². The molecule has 0 radical (unpaired) electrons. The summed E-state index contributed by atoms with van der Waals surface area (Å²) < 4.78 is 7.12. The number of hydrogen-bond acceptors (Lipinski definition) is 6. The van der Waals surface area contributed by atoms with Crippen LogP contribution < -0.4 is 15.6 Å². The lowest BCUT2D eigenvalue weighted by Crippen LogP contribution is -2.31. The summed E-state index contributed by atoms with van der Waals surface area (Å²) in [5.74, 6) is 1.00. The normalized spacial score (nSPS) is 12.3. The number of rotatable bonds is 6. The van der Waals surface area contributed by atoms with Crippen LogP contribution >= 0.6 is 0 Å². The maximum absolute atomic E-state index is 12.5. The number of nitrogens with zero attached hydrogens (tertiary/aromatic N) is 4. The molecule has 0 fully saturated rings. The molecule has 2 heterocycles. The van der Waals surface area contributed by atoms with Crippen LogP contribution in [-0.2, 0) is 6.54 Å². The first-order chi connectivity index (χ1) is 12.0. The standard InChI is InChI=1S/C18H21N5O2/c1-12(2)25-17-16(19-8-9-20-17)22-13(3)11-23-18(24)15-7-5-4-6-14(15)10-21-23/h4-10,12-13H,11H2,1-3H3,(H,19,22)/t13-/m1/s1. The third kappa shape index (κ3) is 3.93. The third-order valence-corrected chi connectivity index (χ3v) is 3.60. The quantitative estimate of drug-likeness (QED) is 0.743. The number of hydrogen-bond donors (Lipinski definition) is 1. The molecule has 0 unspecified atom stereocenters. The minimum Gasteiger partial charge on any atom is -0.472 e. The highest BCUT2D eigenvalue weighted by atomic mass is 16.5. The minimum absolute atomic E-state index is 0.00247. The van der Waals surface area contributed by atoms with Crippen molar-refractivity contribution in [1.29, 1.82) is 0 Å². The van der Waals surface area contributed by atoms with Crippen molar-refractivity contribution in [2.45, 2.75) is 39.5 Å². The fourth-order valence-corrected chi connectivity index (χ4v) is 2.53. The molecule has 25 heavy (non-hydrogen) atoms. The Hall–Kier alpha value is -2.96. The van der Waals surface area contributed by atoms with E-state index < -0.39 is 0 Å². The Morgan fingerprint density at radius 2 is 1.92 bits per heavy atom. The Kier molecular flexibility index (Phi) is 4.92. The van der Waals surface area contributed by atoms with Crippen LogP contribution in [0.25, 0.3) is 10.8 Å². The zero-order valence-corrected chi connectivity index (χ0v) is 14.5. The summed E-state index contributed by atoms with van der Waals surface area (Å²) >= 11 is 0. The smallest absolute Gasteiger partial charge is 0.274 e. The highest BCUT2D eigenvalue weighted by Crippen LogP contribution is 2.19. The van der Waals surface area contributed by atoms with Gasteiger partial charge in [-0.1, -0.05) is 18.2 Å². The number of aromatic nitrogens is 4. The first kappa shape index (κ1) is 16.9. The highest BCUT2D eigenvalue weighted by molar-refractivity contribution is 5.80. The number of benzene rings is 1. The lowest BCUT2D eigenvalue weighted by atomic mass is 10.2. The molecule has 2 aromatic heterocycles. The molecule has 0 saturated heterocycles. The zero-order valence-electron chi connectivity index (χ0n) is 14.5. The summed E-state index contributed by atoms with van der Waals surface area (Å²) in [4.78, 5) is 21.0. The molecular formula is C18H21N5O2. The lowest BCUT2D eigenvalue weighted by molar-refractivity contribution is 0.233. The van der Waals surface area contributed by atoms with E-state index in [1.807, 2.05) is 45.0 Å². The topological polar surface area (TPSA) is 81.9 Å². The average Bonchev–Trinajstić information content (AvgIpc) is 2.59. The van der Waals surface area contributed by atoms with Crippen LogP contribution in [0.4, 0.5) is 5.82 Å². The lowest BCUT2D eigenvalue weighted by Gasteiger charge is -2.18. The van der Waals surface area contributed by atoms with Crippen molar-refractivity contribution in [1.82, 2.24) is 19.7 Å². The van der Waals surface area contributed by atoms with Crippen LogP contribution in [0.1, 0.15) is 20.8 Å².